The number of ether oxygens (including phenoxy) is 1. The van der Waals surface area contributed by atoms with Crippen LogP contribution in [-0.4, -0.2) is 38.4 Å². The molecule has 0 atom stereocenters. The maximum Gasteiger partial charge on any atom is 0.310 e. The summed E-state index contributed by atoms with van der Waals surface area (Å²) >= 11 is 3.37. The molecule has 0 unspecified atom stereocenters. The number of tetrazole rings is 1. The van der Waals surface area contributed by atoms with Gasteiger partial charge in [0, 0.05) is 4.47 Å². The predicted molar refractivity (Wildman–Crippen MR) is 78.9 cm³/mol. The summed E-state index contributed by atoms with van der Waals surface area (Å²) in [5, 5.41) is 20.7. The third-order valence-corrected chi connectivity index (χ3v) is 3.55. The molecule has 0 aliphatic heterocycles. The zero-order chi connectivity index (χ0) is 15.6. The highest BCUT2D eigenvalue weighted by Crippen LogP contribution is 2.32. The minimum Gasteiger partial charge on any atom is -0.496 e. The second-order valence-electron chi connectivity index (χ2n) is 5.19. The highest BCUT2D eigenvalue weighted by molar-refractivity contribution is 9.10. The number of carboxylic acid groups (broad SMARTS) is 1. The highest BCUT2D eigenvalue weighted by Gasteiger charge is 2.30. The molecular weight excluding hydrogens is 340 g/mol. The molecular formula is C13H15BrN4O3. The fourth-order valence-corrected chi connectivity index (χ4v) is 2.14. The number of halogens is 1. The Morgan fingerprint density at radius 3 is 2.81 bits per heavy atom. The number of carboxylic acids is 1. The van der Waals surface area contributed by atoms with E-state index in [1.807, 2.05) is 12.1 Å². The molecule has 21 heavy (non-hydrogen) atoms. The van der Waals surface area contributed by atoms with E-state index in [1.54, 1.807) is 27.0 Å². The number of rotatable bonds is 5. The van der Waals surface area contributed by atoms with Gasteiger partial charge < -0.3 is 9.84 Å². The Labute approximate surface area is 130 Å². The molecule has 8 heteroatoms. The topological polar surface area (TPSA) is 90.1 Å². The molecule has 2 aromatic rings. The molecule has 2 rings (SSSR count). The normalized spacial score (nSPS) is 11.4. The SMILES string of the molecule is COc1cc(Br)ccc1-c1nnnn1CC(C)(C)C(=O)O. The van der Waals surface area contributed by atoms with Crippen molar-refractivity contribution < 1.29 is 14.6 Å². The Morgan fingerprint density at radius 2 is 2.19 bits per heavy atom. The largest absolute Gasteiger partial charge is 0.496 e. The molecule has 1 aromatic heterocycles. The van der Waals surface area contributed by atoms with Gasteiger partial charge in [-0.15, -0.1) is 5.10 Å². The van der Waals surface area contributed by atoms with Crippen molar-refractivity contribution in [2.24, 2.45) is 5.41 Å². The third-order valence-electron chi connectivity index (χ3n) is 3.06. The molecule has 0 radical (unpaired) electrons. The van der Waals surface area contributed by atoms with E-state index >= 15 is 0 Å². The molecule has 0 aliphatic rings. The first-order valence-corrected chi connectivity index (χ1v) is 6.98. The summed E-state index contributed by atoms with van der Waals surface area (Å²) in [5.41, 5.74) is -0.279. The van der Waals surface area contributed by atoms with Gasteiger partial charge in [0.25, 0.3) is 0 Å². The molecule has 0 fully saturated rings. The molecule has 1 N–H and O–H groups in total. The standard InChI is InChI=1S/C13H15BrN4O3/c1-13(2,12(19)20)7-18-11(15-16-17-18)9-5-4-8(14)6-10(9)21-3/h4-6H,7H2,1-3H3,(H,19,20). The van der Waals surface area contributed by atoms with Crippen molar-refractivity contribution in [3.05, 3.63) is 22.7 Å². The van der Waals surface area contributed by atoms with E-state index in [-0.39, 0.29) is 6.54 Å². The minimum absolute atomic E-state index is 0.157. The lowest BCUT2D eigenvalue weighted by atomic mass is 9.94. The predicted octanol–water partition coefficient (Wildman–Crippen LogP) is 2.22. The lowest BCUT2D eigenvalue weighted by molar-refractivity contribution is -0.147. The number of aliphatic carboxylic acids is 1. The number of benzene rings is 1. The monoisotopic (exact) mass is 354 g/mol. The summed E-state index contributed by atoms with van der Waals surface area (Å²) in [5.74, 6) is 0.161. The van der Waals surface area contributed by atoms with Crippen LogP contribution in [0.3, 0.4) is 0 Å². The lowest BCUT2D eigenvalue weighted by Gasteiger charge is -2.19. The van der Waals surface area contributed by atoms with E-state index < -0.39 is 11.4 Å². The van der Waals surface area contributed by atoms with Gasteiger partial charge in [0.1, 0.15) is 5.75 Å². The molecule has 1 aromatic carbocycles. The summed E-state index contributed by atoms with van der Waals surface area (Å²) in [6.45, 7) is 3.41. The molecule has 0 aliphatic carbocycles. The second kappa shape index (κ2) is 5.80. The average molecular weight is 355 g/mol. The highest BCUT2D eigenvalue weighted by atomic mass is 79.9. The van der Waals surface area contributed by atoms with Crippen LogP contribution >= 0.6 is 15.9 Å². The molecule has 1 heterocycles. The minimum atomic E-state index is -0.979. The summed E-state index contributed by atoms with van der Waals surface area (Å²) < 4.78 is 7.67. The van der Waals surface area contributed by atoms with Crippen molar-refractivity contribution in [1.82, 2.24) is 20.2 Å². The Kier molecular flexibility index (Phi) is 4.26. The van der Waals surface area contributed by atoms with Crippen LogP contribution in [0, 0.1) is 5.41 Å². The summed E-state index contributed by atoms with van der Waals surface area (Å²) in [6.07, 6.45) is 0. The van der Waals surface area contributed by atoms with Gasteiger partial charge in [-0.05, 0) is 42.5 Å². The molecule has 7 nitrogen and oxygen atoms in total. The first-order chi connectivity index (χ1) is 9.85. The van der Waals surface area contributed by atoms with E-state index in [4.69, 9.17) is 4.74 Å². The summed E-state index contributed by atoms with van der Waals surface area (Å²) in [7, 11) is 1.56. The van der Waals surface area contributed by atoms with Gasteiger partial charge in [-0.2, -0.15) is 0 Å². The van der Waals surface area contributed by atoms with Gasteiger partial charge >= 0.3 is 5.97 Å². The van der Waals surface area contributed by atoms with Crippen LogP contribution in [0.15, 0.2) is 22.7 Å². The lowest BCUT2D eigenvalue weighted by Crippen LogP contribution is -2.30. The van der Waals surface area contributed by atoms with Crippen molar-refractivity contribution >= 4 is 21.9 Å². The number of methoxy groups -OCH3 is 1. The van der Waals surface area contributed by atoms with E-state index in [0.717, 1.165) is 4.47 Å². The van der Waals surface area contributed by atoms with Crippen LogP contribution in [0.4, 0.5) is 0 Å². The summed E-state index contributed by atoms with van der Waals surface area (Å²) in [4.78, 5) is 11.3. The van der Waals surface area contributed by atoms with Crippen molar-refractivity contribution in [1.29, 1.82) is 0 Å². The zero-order valence-corrected chi connectivity index (χ0v) is 13.5. The van der Waals surface area contributed by atoms with Crippen molar-refractivity contribution in [3.8, 4) is 17.1 Å². The van der Waals surface area contributed by atoms with E-state index in [9.17, 15) is 9.90 Å². The second-order valence-corrected chi connectivity index (χ2v) is 6.11. The molecule has 0 spiro atoms. The van der Waals surface area contributed by atoms with Gasteiger partial charge in [-0.3, -0.25) is 4.79 Å². The number of nitrogens with zero attached hydrogens (tertiary/aromatic N) is 4. The maximum absolute atomic E-state index is 11.3. The van der Waals surface area contributed by atoms with Crippen LogP contribution in [-0.2, 0) is 11.3 Å². The number of carbonyl (C=O) groups is 1. The summed E-state index contributed by atoms with van der Waals surface area (Å²) in [6, 6.07) is 5.47. The van der Waals surface area contributed by atoms with Crippen LogP contribution in [0.5, 0.6) is 5.75 Å². The Hall–Kier alpha value is -1.96. The average Bonchev–Trinajstić information content (AvgIpc) is 2.85. The van der Waals surface area contributed by atoms with Crippen LogP contribution < -0.4 is 4.74 Å². The fraction of sp³-hybridized carbons (Fsp3) is 0.385. The van der Waals surface area contributed by atoms with Crippen molar-refractivity contribution in [2.45, 2.75) is 20.4 Å². The Bertz CT molecular complexity index is 669. The number of hydrogen-bond donors (Lipinski definition) is 1. The molecule has 0 amide bonds. The van der Waals surface area contributed by atoms with E-state index in [2.05, 4.69) is 31.5 Å². The first kappa shape index (κ1) is 15.4. The Morgan fingerprint density at radius 1 is 1.48 bits per heavy atom. The quantitative estimate of drug-likeness (QED) is 0.885. The molecule has 112 valence electrons. The van der Waals surface area contributed by atoms with Crippen molar-refractivity contribution in [2.75, 3.05) is 7.11 Å². The molecule has 0 bridgehead atoms. The van der Waals surface area contributed by atoms with Crippen molar-refractivity contribution in [3.63, 3.8) is 0 Å². The van der Waals surface area contributed by atoms with E-state index in [0.29, 0.717) is 17.1 Å². The van der Waals surface area contributed by atoms with Crippen LogP contribution in [0.25, 0.3) is 11.4 Å². The maximum atomic E-state index is 11.3. The van der Waals surface area contributed by atoms with Gasteiger partial charge in [-0.25, -0.2) is 4.68 Å². The number of hydrogen-bond acceptors (Lipinski definition) is 5. The number of aromatic nitrogens is 4. The molecule has 0 saturated heterocycles. The van der Waals surface area contributed by atoms with Gasteiger partial charge in [0.05, 0.1) is 24.6 Å². The van der Waals surface area contributed by atoms with Crippen LogP contribution in [0.1, 0.15) is 13.8 Å². The smallest absolute Gasteiger partial charge is 0.310 e. The van der Waals surface area contributed by atoms with Gasteiger partial charge in [0.15, 0.2) is 5.82 Å². The first-order valence-electron chi connectivity index (χ1n) is 6.18. The molecule has 0 saturated carbocycles. The van der Waals surface area contributed by atoms with Gasteiger partial charge in [-0.1, -0.05) is 15.9 Å². The Balaban J connectivity index is 2.44. The third kappa shape index (κ3) is 3.21. The zero-order valence-electron chi connectivity index (χ0n) is 11.9. The van der Waals surface area contributed by atoms with Crippen LogP contribution in [0.2, 0.25) is 0 Å². The van der Waals surface area contributed by atoms with E-state index in [1.165, 1.54) is 4.68 Å². The van der Waals surface area contributed by atoms with Gasteiger partial charge in [0.2, 0.25) is 0 Å². The fourth-order valence-electron chi connectivity index (χ4n) is 1.80.